The smallest absolute Gasteiger partial charge is 0.239 e. The molecule has 0 radical (unpaired) electrons. The molecule has 0 aromatic heterocycles. The molecular weight excluding hydrogens is 236 g/mol. The van der Waals surface area contributed by atoms with Crippen LogP contribution in [-0.2, 0) is 4.79 Å². The van der Waals surface area contributed by atoms with Gasteiger partial charge in [-0.3, -0.25) is 4.79 Å². The number of aryl methyl sites for hydroxylation is 1. The summed E-state index contributed by atoms with van der Waals surface area (Å²) < 4.78 is 0. The van der Waals surface area contributed by atoms with E-state index in [-0.39, 0.29) is 12.5 Å². The summed E-state index contributed by atoms with van der Waals surface area (Å²) in [6.07, 6.45) is 0. The molecule has 0 atom stereocenters. The van der Waals surface area contributed by atoms with Crippen molar-refractivity contribution < 1.29 is 4.79 Å². The van der Waals surface area contributed by atoms with Gasteiger partial charge in [0.1, 0.15) is 0 Å². The molecule has 1 amide bonds. The topological polar surface area (TPSA) is 41.1 Å². The molecule has 0 aliphatic carbocycles. The Hall–Kier alpha value is -1.22. The van der Waals surface area contributed by atoms with Crippen molar-refractivity contribution in [3.8, 4) is 0 Å². The Balaban J connectivity index is 2.39. The summed E-state index contributed by atoms with van der Waals surface area (Å²) in [6, 6.07) is 5.67. The van der Waals surface area contributed by atoms with Crippen LogP contribution in [0.3, 0.4) is 0 Å². The molecule has 0 aliphatic rings. The first-order valence-electron chi connectivity index (χ1n) is 5.75. The van der Waals surface area contributed by atoms with Crippen molar-refractivity contribution in [3.05, 3.63) is 28.8 Å². The second kappa shape index (κ2) is 6.50. The molecule has 0 saturated carbocycles. The van der Waals surface area contributed by atoms with Gasteiger partial charge in [-0.25, -0.2) is 0 Å². The van der Waals surface area contributed by atoms with Crippen LogP contribution < -0.4 is 10.6 Å². The first kappa shape index (κ1) is 13.8. The van der Waals surface area contributed by atoms with Gasteiger partial charge in [-0.1, -0.05) is 31.5 Å². The molecule has 0 unspecified atom stereocenters. The van der Waals surface area contributed by atoms with E-state index in [1.165, 1.54) is 0 Å². The minimum atomic E-state index is -0.00426. The number of benzene rings is 1. The predicted molar refractivity (Wildman–Crippen MR) is 72.5 cm³/mol. The van der Waals surface area contributed by atoms with Crippen molar-refractivity contribution >= 4 is 23.2 Å². The van der Waals surface area contributed by atoms with E-state index in [1.54, 1.807) is 0 Å². The van der Waals surface area contributed by atoms with Gasteiger partial charge in [-0.15, -0.1) is 0 Å². The summed E-state index contributed by atoms with van der Waals surface area (Å²) in [5, 5.41) is 6.59. The molecule has 17 heavy (non-hydrogen) atoms. The fourth-order valence-corrected chi connectivity index (χ4v) is 1.45. The molecule has 0 spiro atoms. The molecule has 0 bridgehead atoms. The SMILES string of the molecule is Cc1ccc(NCC(=O)NCC(C)C)cc1Cl. The number of carbonyl (C=O) groups excluding carboxylic acids is 1. The fourth-order valence-electron chi connectivity index (χ4n) is 1.27. The van der Waals surface area contributed by atoms with Crippen LogP contribution in [-0.4, -0.2) is 19.0 Å². The van der Waals surface area contributed by atoms with Gasteiger partial charge in [-0.05, 0) is 30.5 Å². The van der Waals surface area contributed by atoms with Crippen LogP contribution in [0, 0.1) is 12.8 Å². The zero-order valence-electron chi connectivity index (χ0n) is 10.5. The molecule has 1 aromatic rings. The van der Waals surface area contributed by atoms with Crippen molar-refractivity contribution in [2.24, 2.45) is 5.92 Å². The first-order valence-corrected chi connectivity index (χ1v) is 6.13. The summed E-state index contributed by atoms with van der Waals surface area (Å²) in [5.41, 5.74) is 1.89. The second-order valence-corrected chi connectivity index (χ2v) is 4.92. The fraction of sp³-hybridized carbons (Fsp3) is 0.462. The quantitative estimate of drug-likeness (QED) is 0.848. The molecule has 0 aliphatic heterocycles. The maximum Gasteiger partial charge on any atom is 0.239 e. The van der Waals surface area contributed by atoms with Gasteiger partial charge in [-0.2, -0.15) is 0 Å². The van der Waals surface area contributed by atoms with Crippen molar-refractivity contribution in [2.45, 2.75) is 20.8 Å². The third-order valence-corrected chi connectivity index (χ3v) is 2.74. The molecular formula is C13H19ClN2O. The monoisotopic (exact) mass is 254 g/mol. The van der Waals surface area contributed by atoms with Gasteiger partial charge in [0, 0.05) is 17.3 Å². The van der Waals surface area contributed by atoms with Crippen molar-refractivity contribution in [1.29, 1.82) is 0 Å². The zero-order valence-corrected chi connectivity index (χ0v) is 11.3. The Kier molecular flexibility index (Phi) is 5.29. The molecule has 1 rings (SSSR count). The number of hydrogen-bond acceptors (Lipinski definition) is 2. The summed E-state index contributed by atoms with van der Waals surface area (Å²) in [7, 11) is 0. The summed E-state index contributed by atoms with van der Waals surface area (Å²) in [5.74, 6) is 0.461. The third-order valence-electron chi connectivity index (χ3n) is 2.33. The standard InChI is InChI=1S/C13H19ClN2O/c1-9(2)7-16-13(17)8-15-11-5-4-10(3)12(14)6-11/h4-6,9,15H,7-8H2,1-3H3,(H,16,17). The average Bonchev–Trinajstić information content (AvgIpc) is 2.28. The van der Waals surface area contributed by atoms with Crippen LogP contribution >= 0.6 is 11.6 Å². The van der Waals surface area contributed by atoms with Crippen LogP contribution in [0.5, 0.6) is 0 Å². The highest BCUT2D eigenvalue weighted by molar-refractivity contribution is 6.31. The van der Waals surface area contributed by atoms with E-state index in [0.717, 1.165) is 11.3 Å². The Bertz CT molecular complexity index is 391. The van der Waals surface area contributed by atoms with E-state index in [2.05, 4.69) is 24.5 Å². The van der Waals surface area contributed by atoms with Gasteiger partial charge in [0.15, 0.2) is 0 Å². The first-order chi connectivity index (χ1) is 7.99. The molecule has 3 nitrogen and oxygen atoms in total. The highest BCUT2D eigenvalue weighted by Gasteiger charge is 2.03. The van der Waals surface area contributed by atoms with E-state index in [0.29, 0.717) is 17.5 Å². The minimum absolute atomic E-state index is 0.00426. The molecule has 0 saturated heterocycles. The van der Waals surface area contributed by atoms with Crippen LogP contribution in [0.4, 0.5) is 5.69 Å². The summed E-state index contributed by atoms with van der Waals surface area (Å²) in [4.78, 5) is 11.5. The lowest BCUT2D eigenvalue weighted by Crippen LogP contribution is -2.32. The van der Waals surface area contributed by atoms with Crippen LogP contribution in [0.15, 0.2) is 18.2 Å². The zero-order chi connectivity index (χ0) is 12.8. The Labute approximate surface area is 108 Å². The van der Waals surface area contributed by atoms with Crippen molar-refractivity contribution in [1.82, 2.24) is 5.32 Å². The predicted octanol–water partition coefficient (Wildman–Crippen LogP) is 2.83. The molecule has 0 fully saturated rings. The van der Waals surface area contributed by atoms with Crippen LogP contribution in [0.25, 0.3) is 0 Å². The van der Waals surface area contributed by atoms with E-state index in [9.17, 15) is 4.79 Å². The van der Waals surface area contributed by atoms with Gasteiger partial charge < -0.3 is 10.6 Å². The van der Waals surface area contributed by atoms with E-state index in [4.69, 9.17) is 11.6 Å². The lowest BCUT2D eigenvalue weighted by molar-refractivity contribution is -0.119. The summed E-state index contributed by atoms with van der Waals surface area (Å²) >= 11 is 5.99. The Morgan fingerprint density at radius 1 is 1.41 bits per heavy atom. The summed E-state index contributed by atoms with van der Waals surface area (Å²) in [6.45, 7) is 7.05. The Morgan fingerprint density at radius 3 is 2.71 bits per heavy atom. The van der Waals surface area contributed by atoms with E-state index >= 15 is 0 Å². The van der Waals surface area contributed by atoms with Crippen molar-refractivity contribution in [3.63, 3.8) is 0 Å². The van der Waals surface area contributed by atoms with Crippen molar-refractivity contribution in [2.75, 3.05) is 18.4 Å². The number of hydrogen-bond donors (Lipinski definition) is 2. The lowest BCUT2D eigenvalue weighted by atomic mass is 10.2. The molecule has 4 heteroatoms. The molecule has 2 N–H and O–H groups in total. The number of carbonyl (C=O) groups is 1. The lowest BCUT2D eigenvalue weighted by Gasteiger charge is -2.10. The van der Waals surface area contributed by atoms with E-state index < -0.39 is 0 Å². The van der Waals surface area contributed by atoms with Gasteiger partial charge in [0.25, 0.3) is 0 Å². The Morgan fingerprint density at radius 2 is 2.12 bits per heavy atom. The maximum atomic E-state index is 11.5. The van der Waals surface area contributed by atoms with Crippen LogP contribution in [0.1, 0.15) is 19.4 Å². The highest BCUT2D eigenvalue weighted by atomic mass is 35.5. The van der Waals surface area contributed by atoms with Gasteiger partial charge >= 0.3 is 0 Å². The highest BCUT2D eigenvalue weighted by Crippen LogP contribution is 2.19. The molecule has 0 heterocycles. The second-order valence-electron chi connectivity index (χ2n) is 4.52. The number of anilines is 1. The maximum absolute atomic E-state index is 11.5. The number of amides is 1. The number of rotatable bonds is 5. The normalized spacial score (nSPS) is 10.4. The average molecular weight is 255 g/mol. The van der Waals surface area contributed by atoms with Gasteiger partial charge in [0.05, 0.1) is 6.54 Å². The van der Waals surface area contributed by atoms with Gasteiger partial charge in [0.2, 0.25) is 5.91 Å². The molecule has 1 aromatic carbocycles. The third kappa shape index (κ3) is 5.09. The van der Waals surface area contributed by atoms with Crippen LogP contribution in [0.2, 0.25) is 5.02 Å². The van der Waals surface area contributed by atoms with E-state index in [1.807, 2.05) is 25.1 Å². The largest absolute Gasteiger partial charge is 0.376 e. The number of nitrogens with one attached hydrogen (secondary N) is 2. The minimum Gasteiger partial charge on any atom is -0.376 e. The number of halogens is 1. The molecule has 94 valence electrons.